The molecule has 6 nitrogen and oxygen atoms in total. The standard InChI is InChI=1S/C17H22N4O2/c1-11-7-8-14(13-6-5-9-19-16(11)13)20-17(23)21(4)12(2)10-15(22)18-3/h5-9,12H,10H2,1-4H3,(H,18,22)(H,20,23). The number of pyridine rings is 1. The van der Waals surface area contributed by atoms with Gasteiger partial charge in [-0.15, -0.1) is 0 Å². The molecule has 1 atom stereocenters. The van der Waals surface area contributed by atoms with Crippen LogP contribution in [-0.2, 0) is 4.79 Å². The fourth-order valence-corrected chi connectivity index (χ4v) is 2.33. The molecule has 2 rings (SSSR count). The summed E-state index contributed by atoms with van der Waals surface area (Å²) in [6.07, 6.45) is 2.00. The molecule has 0 aliphatic rings. The molecular weight excluding hydrogens is 292 g/mol. The van der Waals surface area contributed by atoms with Crippen LogP contribution in [0.2, 0.25) is 0 Å². The minimum atomic E-state index is -0.254. The van der Waals surface area contributed by atoms with Crippen molar-refractivity contribution in [1.82, 2.24) is 15.2 Å². The van der Waals surface area contributed by atoms with Gasteiger partial charge in [-0.1, -0.05) is 6.07 Å². The number of fused-ring (bicyclic) bond motifs is 1. The van der Waals surface area contributed by atoms with Crippen molar-refractivity contribution < 1.29 is 9.59 Å². The first-order chi connectivity index (χ1) is 10.9. The summed E-state index contributed by atoms with van der Waals surface area (Å²) in [5, 5.41) is 6.36. The third-order valence-corrected chi connectivity index (χ3v) is 3.95. The first-order valence-electron chi connectivity index (χ1n) is 7.52. The van der Waals surface area contributed by atoms with E-state index < -0.39 is 0 Å². The summed E-state index contributed by atoms with van der Waals surface area (Å²) < 4.78 is 0. The van der Waals surface area contributed by atoms with E-state index in [9.17, 15) is 9.59 Å². The average Bonchev–Trinajstić information content (AvgIpc) is 2.56. The number of nitrogens with zero attached hydrogens (tertiary/aromatic N) is 2. The number of benzene rings is 1. The molecule has 6 heteroatoms. The van der Waals surface area contributed by atoms with Crippen LogP contribution in [0.3, 0.4) is 0 Å². The highest BCUT2D eigenvalue weighted by atomic mass is 16.2. The SMILES string of the molecule is CNC(=O)CC(C)N(C)C(=O)Nc1ccc(C)c2ncccc12. The zero-order valence-corrected chi connectivity index (χ0v) is 13.9. The second-order valence-electron chi connectivity index (χ2n) is 5.60. The summed E-state index contributed by atoms with van der Waals surface area (Å²) in [6, 6.07) is 7.11. The van der Waals surface area contributed by atoms with Gasteiger partial charge in [-0.3, -0.25) is 9.78 Å². The zero-order chi connectivity index (χ0) is 17.0. The number of amides is 3. The lowest BCUT2D eigenvalue weighted by Crippen LogP contribution is -2.40. The van der Waals surface area contributed by atoms with Gasteiger partial charge in [-0.25, -0.2) is 4.79 Å². The van der Waals surface area contributed by atoms with Crippen molar-refractivity contribution in [2.75, 3.05) is 19.4 Å². The van der Waals surface area contributed by atoms with Gasteiger partial charge in [-0.2, -0.15) is 0 Å². The van der Waals surface area contributed by atoms with E-state index in [1.54, 1.807) is 20.3 Å². The van der Waals surface area contributed by atoms with E-state index in [-0.39, 0.29) is 24.4 Å². The second-order valence-corrected chi connectivity index (χ2v) is 5.60. The van der Waals surface area contributed by atoms with Crippen LogP contribution in [0.25, 0.3) is 10.9 Å². The maximum Gasteiger partial charge on any atom is 0.321 e. The summed E-state index contributed by atoms with van der Waals surface area (Å²) in [7, 11) is 3.26. The Morgan fingerprint density at radius 1 is 1.30 bits per heavy atom. The van der Waals surface area contributed by atoms with Gasteiger partial charge in [0.25, 0.3) is 0 Å². The maximum atomic E-state index is 12.4. The summed E-state index contributed by atoms with van der Waals surface area (Å²) >= 11 is 0. The van der Waals surface area contributed by atoms with Gasteiger partial charge < -0.3 is 15.5 Å². The molecule has 1 unspecified atom stereocenters. The largest absolute Gasteiger partial charge is 0.359 e. The molecule has 1 aromatic carbocycles. The van der Waals surface area contributed by atoms with E-state index in [0.717, 1.165) is 16.5 Å². The Hall–Kier alpha value is -2.63. The van der Waals surface area contributed by atoms with Crippen LogP contribution in [0.4, 0.5) is 10.5 Å². The molecule has 1 aromatic heterocycles. The van der Waals surface area contributed by atoms with Gasteiger partial charge in [0.15, 0.2) is 0 Å². The van der Waals surface area contributed by atoms with Crippen LogP contribution < -0.4 is 10.6 Å². The lowest BCUT2D eigenvalue weighted by atomic mass is 10.1. The van der Waals surface area contributed by atoms with Crippen molar-refractivity contribution in [3.63, 3.8) is 0 Å². The quantitative estimate of drug-likeness (QED) is 0.910. The molecule has 0 aliphatic carbocycles. The van der Waals surface area contributed by atoms with Gasteiger partial charge in [-0.05, 0) is 37.6 Å². The van der Waals surface area contributed by atoms with E-state index in [0.29, 0.717) is 5.69 Å². The molecule has 3 amide bonds. The van der Waals surface area contributed by atoms with Crippen LogP contribution >= 0.6 is 0 Å². The topological polar surface area (TPSA) is 74.3 Å². The minimum Gasteiger partial charge on any atom is -0.359 e. The summed E-state index contributed by atoms with van der Waals surface area (Å²) in [4.78, 5) is 29.7. The van der Waals surface area contributed by atoms with E-state index >= 15 is 0 Å². The maximum absolute atomic E-state index is 12.4. The number of hydrogen-bond acceptors (Lipinski definition) is 3. The molecule has 0 aliphatic heterocycles. The van der Waals surface area contributed by atoms with Crippen molar-refractivity contribution >= 4 is 28.5 Å². The molecule has 1 heterocycles. The van der Waals surface area contributed by atoms with E-state index in [2.05, 4.69) is 15.6 Å². The molecule has 0 radical (unpaired) electrons. The number of hydrogen-bond donors (Lipinski definition) is 2. The Kier molecular flexibility index (Phi) is 5.16. The minimum absolute atomic E-state index is 0.0952. The fraction of sp³-hybridized carbons (Fsp3) is 0.353. The number of carbonyl (C=O) groups excluding carboxylic acids is 2. The number of aryl methyl sites for hydroxylation is 1. The van der Waals surface area contributed by atoms with Crippen LogP contribution in [0.1, 0.15) is 18.9 Å². The molecule has 122 valence electrons. The monoisotopic (exact) mass is 314 g/mol. The molecule has 23 heavy (non-hydrogen) atoms. The van der Waals surface area contributed by atoms with Crippen LogP contribution in [0, 0.1) is 6.92 Å². The van der Waals surface area contributed by atoms with Crippen molar-refractivity contribution in [1.29, 1.82) is 0 Å². The number of urea groups is 1. The highest BCUT2D eigenvalue weighted by molar-refractivity contribution is 6.01. The molecule has 2 aromatic rings. The molecule has 0 fully saturated rings. The summed E-state index contributed by atoms with van der Waals surface area (Å²) in [6.45, 7) is 3.82. The third-order valence-electron chi connectivity index (χ3n) is 3.95. The second kappa shape index (κ2) is 7.09. The Balaban J connectivity index is 2.17. The Labute approximate surface area is 135 Å². The van der Waals surface area contributed by atoms with Crippen LogP contribution in [0.5, 0.6) is 0 Å². The predicted molar refractivity (Wildman–Crippen MR) is 91.4 cm³/mol. The van der Waals surface area contributed by atoms with Gasteiger partial charge in [0, 0.05) is 38.1 Å². The lowest BCUT2D eigenvalue weighted by Gasteiger charge is -2.25. The molecule has 0 bridgehead atoms. The first-order valence-corrected chi connectivity index (χ1v) is 7.52. The smallest absolute Gasteiger partial charge is 0.321 e. The number of carbonyl (C=O) groups is 2. The highest BCUT2D eigenvalue weighted by Gasteiger charge is 2.19. The summed E-state index contributed by atoms with van der Waals surface area (Å²) in [5.41, 5.74) is 2.63. The van der Waals surface area contributed by atoms with Crippen molar-refractivity contribution in [2.45, 2.75) is 26.3 Å². The highest BCUT2D eigenvalue weighted by Crippen LogP contribution is 2.24. The lowest BCUT2D eigenvalue weighted by molar-refractivity contribution is -0.121. The molecule has 0 saturated carbocycles. The Morgan fingerprint density at radius 2 is 2.04 bits per heavy atom. The van der Waals surface area contributed by atoms with E-state index in [1.165, 1.54) is 4.90 Å². The first kappa shape index (κ1) is 16.7. The van der Waals surface area contributed by atoms with Gasteiger partial charge in [0.2, 0.25) is 5.91 Å². The van der Waals surface area contributed by atoms with Gasteiger partial charge >= 0.3 is 6.03 Å². The van der Waals surface area contributed by atoms with Crippen LogP contribution in [0.15, 0.2) is 30.5 Å². The van der Waals surface area contributed by atoms with Crippen molar-refractivity contribution in [3.05, 3.63) is 36.0 Å². The summed E-state index contributed by atoms with van der Waals surface area (Å²) in [5.74, 6) is -0.0952. The predicted octanol–water partition coefficient (Wildman–Crippen LogP) is 2.53. The number of nitrogens with one attached hydrogen (secondary N) is 2. The van der Waals surface area contributed by atoms with Gasteiger partial charge in [0.1, 0.15) is 0 Å². The molecule has 0 spiro atoms. The van der Waals surface area contributed by atoms with Crippen molar-refractivity contribution in [3.8, 4) is 0 Å². The Bertz CT molecular complexity index is 730. The molecule has 2 N–H and O–H groups in total. The van der Waals surface area contributed by atoms with Crippen LogP contribution in [-0.4, -0.2) is 42.0 Å². The average molecular weight is 314 g/mol. The fourth-order valence-electron chi connectivity index (χ4n) is 2.33. The van der Waals surface area contributed by atoms with Gasteiger partial charge in [0.05, 0.1) is 11.2 Å². The molecule has 0 saturated heterocycles. The van der Waals surface area contributed by atoms with E-state index in [4.69, 9.17) is 0 Å². The van der Waals surface area contributed by atoms with E-state index in [1.807, 2.05) is 38.1 Å². The normalized spacial score (nSPS) is 11.8. The van der Waals surface area contributed by atoms with Crippen molar-refractivity contribution in [2.24, 2.45) is 0 Å². The third kappa shape index (κ3) is 3.77. The number of aromatic nitrogens is 1. The Morgan fingerprint density at radius 3 is 2.74 bits per heavy atom. The number of rotatable bonds is 4. The zero-order valence-electron chi connectivity index (χ0n) is 13.9. The number of anilines is 1. The molecular formula is C17H22N4O2.